The van der Waals surface area contributed by atoms with Gasteiger partial charge in [-0.25, -0.2) is 0 Å². The first-order chi connectivity index (χ1) is 14.5. The second-order valence-electron chi connectivity index (χ2n) is 7.27. The number of alkyl halides is 2. The van der Waals surface area contributed by atoms with Crippen LogP contribution in [0.5, 0.6) is 11.5 Å². The van der Waals surface area contributed by atoms with E-state index in [4.69, 9.17) is 4.74 Å². The van der Waals surface area contributed by atoms with Crippen LogP contribution >= 0.6 is 0 Å². The molecule has 2 saturated heterocycles. The molecule has 0 aromatic heterocycles. The number of carbonyl (C=O) groups is 1. The molecule has 3 N–H and O–H groups in total. The second-order valence-corrected chi connectivity index (χ2v) is 7.27. The summed E-state index contributed by atoms with van der Waals surface area (Å²) in [5.41, 5.74) is 8.65. The second kappa shape index (κ2) is 8.85. The number of amides is 1. The molecule has 2 aliphatic heterocycles. The van der Waals surface area contributed by atoms with Crippen LogP contribution in [-0.2, 0) is 4.79 Å². The van der Waals surface area contributed by atoms with Crippen LogP contribution in [0, 0.1) is 0 Å². The summed E-state index contributed by atoms with van der Waals surface area (Å²) in [5.74, 6) is 1.03. The molecule has 2 aromatic rings. The van der Waals surface area contributed by atoms with Crippen molar-refractivity contribution in [3.05, 3.63) is 48.0 Å². The number of hydrogen-bond donors (Lipinski definition) is 3. The standard InChI is InChI=1S/C21H24F2N4O3/c1-29-19-10-15(5-6-17(19)13-11-24-25-12-13)27-8-7-18(20(27)28)26-14-3-2-4-16(9-14)30-21(22)23/h2-6,9-10,13,18,21,24-26H,7-8,11-12H2,1H3. The van der Waals surface area contributed by atoms with Gasteiger partial charge in [0.2, 0.25) is 5.91 Å². The van der Waals surface area contributed by atoms with Crippen molar-refractivity contribution in [1.29, 1.82) is 0 Å². The average Bonchev–Trinajstić information content (AvgIpc) is 3.38. The smallest absolute Gasteiger partial charge is 0.387 e. The third-order valence-corrected chi connectivity index (χ3v) is 5.40. The molecule has 9 heteroatoms. The summed E-state index contributed by atoms with van der Waals surface area (Å²) in [7, 11) is 1.63. The Labute approximate surface area is 173 Å². The lowest BCUT2D eigenvalue weighted by molar-refractivity contribution is -0.117. The van der Waals surface area contributed by atoms with E-state index < -0.39 is 12.7 Å². The van der Waals surface area contributed by atoms with Crippen LogP contribution in [0.25, 0.3) is 0 Å². The van der Waals surface area contributed by atoms with Gasteiger partial charge in [0.25, 0.3) is 0 Å². The van der Waals surface area contributed by atoms with Gasteiger partial charge in [-0.05, 0) is 30.2 Å². The van der Waals surface area contributed by atoms with Crippen LogP contribution < -0.4 is 30.5 Å². The summed E-state index contributed by atoms with van der Waals surface area (Å²) in [6.45, 7) is -0.701. The predicted molar refractivity (Wildman–Crippen MR) is 109 cm³/mol. The molecule has 0 saturated carbocycles. The molecule has 0 bridgehead atoms. The Kier molecular flexibility index (Phi) is 6.01. The number of benzene rings is 2. The predicted octanol–water partition coefficient (Wildman–Crippen LogP) is 2.71. The fourth-order valence-electron chi connectivity index (χ4n) is 3.92. The fraction of sp³-hybridized carbons (Fsp3) is 0.381. The van der Waals surface area contributed by atoms with Crippen molar-refractivity contribution >= 4 is 17.3 Å². The number of anilines is 2. The van der Waals surface area contributed by atoms with Crippen molar-refractivity contribution in [1.82, 2.24) is 10.9 Å². The lowest BCUT2D eigenvalue weighted by atomic mass is 9.98. The monoisotopic (exact) mass is 418 g/mol. The van der Waals surface area contributed by atoms with E-state index >= 15 is 0 Å². The molecule has 7 nitrogen and oxygen atoms in total. The largest absolute Gasteiger partial charge is 0.496 e. The first-order valence-corrected chi connectivity index (χ1v) is 9.81. The molecule has 1 amide bonds. The van der Waals surface area contributed by atoms with E-state index in [0.29, 0.717) is 24.6 Å². The van der Waals surface area contributed by atoms with E-state index in [-0.39, 0.29) is 11.7 Å². The van der Waals surface area contributed by atoms with Crippen molar-refractivity contribution in [2.75, 3.05) is 37.0 Å². The number of carbonyl (C=O) groups excluding carboxylic acids is 1. The van der Waals surface area contributed by atoms with Crippen molar-refractivity contribution < 1.29 is 23.0 Å². The van der Waals surface area contributed by atoms with Crippen molar-refractivity contribution in [3.8, 4) is 11.5 Å². The van der Waals surface area contributed by atoms with Gasteiger partial charge in [0.15, 0.2) is 0 Å². The van der Waals surface area contributed by atoms with E-state index in [9.17, 15) is 13.6 Å². The number of ether oxygens (including phenoxy) is 2. The maximum absolute atomic E-state index is 13.0. The highest BCUT2D eigenvalue weighted by molar-refractivity contribution is 6.01. The quantitative estimate of drug-likeness (QED) is 0.642. The van der Waals surface area contributed by atoms with Gasteiger partial charge in [0.05, 0.1) is 7.11 Å². The summed E-state index contributed by atoms with van der Waals surface area (Å²) in [5, 5.41) is 3.12. The Bertz CT molecular complexity index is 906. The van der Waals surface area contributed by atoms with E-state index in [1.165, 1.54) is 12.1 Å². The van der Waals surface area contributed by atoms with Crippen LogP contribution in [0.3, 0.4) is 0 Å². The number of hydrogen-bond acceptors (Lipinski definition) is 6. The number of nitrogens with one attached hydrogen (secondary N) is 3. The van der Waals surface area contributed by atoms with Gasteiger partial charge < -0.3 is 19.7 Å². The van der Waals surface area contributed by atoms with Gasteiger partial charge in [-0.2, -0.15) is 8.78 Å². The molecule has 0 radical (unpaired) electrons. The van der Waals surface area contributed by atoms with Gasteiger partial charge >= 0.3 is 6.61 Å². The summed E-state index contributed by atoms with van der Waals surface area (Å²) >= 11 is 0. The minimum Gasteiger partial charge on any atom is -0.496 e. The Morgan fingerprint density at radius 2 is 1.97 bits per heavy atom. The number of methoxy groups -OCH3 is 1. The maximum Gasteiger partial charge on any atom is 0.387 e. The molecule has 160 valence electrons. The minimum absolute atomic E-state index is 0.0496. The zero-order chi connectivity index (χ0) is 21.1. The first kappa shape index (κ1) is 20.4. The number of rotatable bonds is 7. The number of nitrogens with zero attached hydrogens (tertiary/aromatic N) is 1. The Morgan fingerprint density at radius 1 is 1.17 bits per heavy atom. The normalized spacial score (nSPS) is 19.5. The van der Waals surface area contributed by atoms with Gasteiger partial charge in [-0.15, -0.1) is 0 Å². The Hall–Kier alpha value is -2.91. The van der Waals surface area contributed by atoms with Gasteiger partial charge in [0, 0.05) is 49.1 Å². The molecule has 1 unspecified atom stereocenters. The number of halogens is 2. The van der Waals surface area contributed by atoms with Crippen LogP contribution in [0.2, 0.25) is 0 Å². The van der Waals surface area contributed by atoms with E-state index in [2.05, 4.69) is 20.9 Å². The van der Waals surface area contributed by atoms with Crippen molar-refractivity contribution in [2.24, 2.45) is 0 Å². The molecule has 2 aliphatic rings. The highest BCUT2D eigenvalue weighted by Gasteiger charge is 2.33. The summed E-state index contributed by atoms with van der Waals surface area (Å²) in [6, 6.07) is 11.6. The van der Waals surface area contributed by atoms with Crippen molar-refractivity contribution in [3.63, 3.8) is 0 Å². The molecule has 30 heavy (non-hydrogen) atoms. The van der Waals surface area contributed by atoms with Crippen LogP contribution in [-0.4, -0.2) is 45.3 Å². The zero-order valence-electron chi connectivity index (χ0n) is 16.5. The first-order valence-electron chi connectivity index (χ1n) is 9.81. The topological polar surface area (TPSA) is 74.9 Å². The van der Waals surface area contributed by atoms with E-state index in [0.717, 1.165) is 30.1 Å². The van der Waals surface area contributed by atoms with Crippen LogP contribution in [0.1, 0.15) is 17.9 Å². The molecular formula is C21H24F2N4O3. The molecule has 2 fully saturated rings. The lowest BCUT2D eigenvalue weighted by Gasteiger charge is -2.21. The maximum atomic E-state index is 13.0. The Balaban J connectivity index is 1.47. The average molecular weight is 418 g/mol. The highest BCUT2D eigenvalue weighted by atomic mass is 19.3. The SMILES string of the molecule is COc1cc(N2CCC(Nc3cccc(OC(F)F)c3)C2=O)ccc1C1CNNC1. The number of hydrazine groups is 1. The minimum atomic E-state index is -2.89. The third-order valence-electron chi connectivity index (χ3n) is 5.40. The Morgan fingerprint density at radius 3 is 2.70 bits per heavy atom. The van der Waals surface area contributed by atoms with Crippen LogP contribution in [0.4, 0.5) is 20.2 Å². The molecule has 4 rings (SSSR count). The third kappa shape index (κ3) is 4.31. The zero-order valence-corrected chi connectivity index (χ0v) is 16.5. The molecule has 1 atom stereocenters. The molecule has 2 heterocycles. The molecular weight excluding hydrogens is 394 g/mol. The van der Waals surface area contributed by atoms with Gasteiger partial charge in [-0.1, -0.05) is 12.1 Å². The van der Waals surface area contributed by atoms with E-state index in [1.54, 1.807) is 24.1 Å². The highest BCUT2D eigenvalue weighted by Crippen LogP contribution is 2.33. The molecule has 2 aromatic carbocycles. The van der Waals surface area contributed by atoms with Crippen LogP contribution in [0.15, 0.2) is 42.5 Å². The molecule has 0 spiro atoms. The summed E-state index contributed by atoms with van der Waals surface area (Å²) in [4.78, 5) is 14.7. The summed E-state index contributed by atoms with van der Waals surface area (Å²) in [6.07, 6.45) is 0.597. The van der Waals surface area contributed by atoms with Gasteiger partial charge in [-0.3, -0.25) is 15.6 Å². The van der Waals surface area contributed by atoms with Crippen molar-refractivity contribution in [2.45, 2.75) is 25.0 Å². The lowest BCUT2D eigenvalue weighted by Crippen LogP contribution is -2.33. The molecule has 0 aliphatic carbocycles. The van der Waals surface area contributed by atoms with E-state index in [1.807, 2.05) is 18.2 Å². The summed E-state index contributed by atoms with van der Waals surface area (Å²) < 4.78 is 34.9. The fourth-order valence-corrected chi connectivity index (χ4v) is 3.92. The van der Waals surface area contributed by atoms with Gasteiger partial charge in [0.1, 0.15) is 17.5 Å².